The maximum atomic E-state index is 9.88. The highest BCUT2D eigenvalue weighted by Gasteiger charge is 2.21. The fourth-order valence-corrected chi connectivity index (χ4v) is 3.11. The number of aliphatic hydroxyl groups is 2. The highest BCUT2D eigenvalue weighted by Crippen LogP contribution is 2.27. The fourth-order valence-electron chi connectivity index (χ4n) is 3.11. The number of rotatable bonds is 9. The van der Waals surface area contributed by atoms with Crippen molar-refractivity contribution in [2.45, 2.75) is 25.7 Å². The molecule has 24 heavy (non-hydrogen) atoms. The second-order valence-corrected chi connectivity index (χ2v) is 6.31. The van der Waals surface area contributed by atoms with Gasteiger partial charge in [0, 0.05) is 13.2 Å². The molecule has 4 nitrogen and oxygen atoms in total. The van der Waals surface area contributed by atoms with E-state index in [1.54, 1.807) is 24.3 Å². The van der Waals surface area contributed by atoms with E-state index in [-0.39, 0.29) is 36.5 Å². The Morgan fingerprint density at radius 1 is 0.667 bits per heavy atom. The predicted molar refractivity (Wildman–Crippen MR) is 94.0 cm³/mol. The van der Waals surface area contributed by atoms with Crippen molar-refractivity contribution in [3.63, 3.8) is 0 Å². The molecule has 0 saturated heterocycles. The minimum absolute atomic E-state index is 0.0784. The summed E-state index contributed by atoms with van der Waals surface area (Å²) in [6, 6.07) is 14.2. The predicted octanol–water partition coefficient (Wildman–Crippen LogP) is 2.88. The van der Waals surface area contributed by atoms with Gasteiger partial charge in [-0.1, -0.05) is 24.3 Å². The zero-order valence-corrected chi connectivity index (χ0v) is 13.8. The van der Waals surface area contributed by atoms with Crippen molar-refractivity contribution in [2.24, 2.45) is 11.8 Å². The number of aliphatic hydroxyl groups excluding tert-OH is 2. The first kappa shape index (κ1) is 18.3. The van der Waals surface area contributed by atoms with Crippen molar-refractivity contribution in [2.75, 3.05) is 13.2 Å². The molecule has 0 saturated carbocycles. The summed E-state index contributed by atoms with van der Waals surface area (Å²) >= 11 is 0. The Kier molecular flexibility index (Phi) is 7.09. The summed E-state index contributed by atoms with van der Waals surface area (Å²) in [5, 5.41) is 37.9. The second kappa shape index (κ2) is 9.30. The van der Waals surface area contributed by atoms with Gasteiger partial charge in [-0.15, -0.1) is 0 Å². The van der Waals surface area contributed by atoms with Crippen LogP contribution in [0.5, 0.6) is 11.5 Å². The summed E-state index contributed by atoms with van der Waals surface area (Å²) in [6.45, 7) is 0.221. The van der Waals surface area contributed by atoms with E-state index in [2.05, 4.69) is 0 Å². The molecule has 4 heteroatoms. The first-order chi connectivity index (χ1) is 11.6. The van der Waals surface area contributed by atoms with Gasteiger partial charge in [-0.3, -0.25) is 0 Å². The normalized spacial score (nSPS) is 13.6. The molecule has 0 fully saturated rings. The van der Waals surface area contributed by atoms with E-state index in [0.29, 0.717) is 6.42 Å². The van der Waals surface area contributed by atoms with Gasteiger partial charge in [-0.25, -0.2) is 0 Å². The van der Waals surface area contributed by atoms with Crippen LogP contribution in [0.4, 0.5) is 0 Å². The molecule has 0 unspecified atom stereocenters. The molecular weight excluding hydrogens is 304 g/mol. The smallest absolute Gasteiger partial charge is 0.115 e. The lowest BCUT2D eigenvalue weighted by Gasteiger charge is -2.26. The lowest BCUT2D eigenvalue weighted by Crippen LogP contribution is -2.23. The van der Waals surface area contributed by atoms with Gasteiger partial charge in [-0.05, 0) is 72.9 Å². The van der Waals surface area contributed by atoms with Crippen LogP contribution in [0, 0.1) is 11.8 Å². The summed E-state index contributed by atoms with van der Waals surface area (Å²) in [6.07, 6.45) is 3.06. The fraction of sp³-hybridized carbons (Fsp3) is 0.400. The largest absolute Gasteiger partial charge is 0.508 e. The van der Waals surface area contributed by atoms with Crippen LogP contribution in [-0.4, -0.2) is 33.6 Å². The summed E-state index contributed by atoms with van der Waals surface area (Å²) in [5.41, 5.74) is 2.19. The van der Waals surface area contributed by atoms with Crippen LogP contribution in [0.25, 0.3) is 0 Å². The molecule has 0 aliphatic carbocycles. The number of benzene rings is 2. The third kappa shape index (κ3) is 5.55. The highest BCUT2D eigenvalue weighted by molar-refractivity contribution is 5.27. The quantitative estimate of drug-likeness (QED) is 0.570. The Balaban J connectivity index is 2.10. The van der Waals surface area contributed by atoms with Crippen LogP contribution in [0.1, 0.15) is 24.0 Å². The maximum Gasteiger partial charge on any atom is 0.115 e. The molecule has 0 heterocycles. The van der Waals surface area contributed by atoms with Crippen molar-refractivity contribution in [1.82, 2.24) is 0 Å². The van der Waals surface area contributed by atoms with E-state index >= 15 is 0 Å². The van der Waals surface area contributed by atoms with Gasteiger partial charge in [-0.2, -0.15) is 0 Å². The summed E-state index contributed by atoms with van der Waals surface area (Å²) in [5.74, 6) is 0.795. The lowest BCUT2D eigenvalue weighted by molar-refractivity contribution is 0.158. The van der Waals surface area contributed by atoms with Gasteiger partial charge >= 0.3 is 0 Å². The van der Waals surface area contributed by atoms with Gasteiger partial charge in [0.1, 0.15) is 11.5 Å². The van der Waals surface area contributed by atoms with Crippen molar-refractivity contribution in [1.29, 1.82) is 0 Å². The summed E-state index contributed by atoms with van der Waals surface area (Å²) in [4.78, 5) is 0. The minimum Gasteiger partial charge on any atom is -0.508 e. The van der Waals surface area contributed by atoms with E-state index in [1.165, 1.54) is 0 Å². The zero-order chi connectivity index (χ0) is 17.4. The van der Waals surface area contributed by atoms with Crippen LogP contribution in [0.2, 0.25) is 0 Å². The lowest BCUT2D eigenvalue weighted by atomic mass is 9.80. The summed E-state index contributed by atoms with van der Waals surface area (Å²) < 4.78 is 0. The molecule has 0 bridgehead atoms. The number of hydrogen-bond acceptors (Lipinski definition) is 4. The molecule has 0 aliphatic rings. The first-order valence-electron chi connectivity index (χ1n) is 8.40. The summed E-state index contributed by atoms with van der Waals surface area (Å²) in [7, 11) is 0. The Hall–Kier alpha value is -2.04. The molecule has 2 aromatic carbocycles. The average Bonchev–Trinajstić information content (AvgIpc) is 2.60. The number of phenolic OH excluding ortho intramolecular Hbond substituents is 2. The number of aromatic hydroxyl groups is 2. The first-order valence-corrected chi connectivity index (χ1v) is 8.40. The zero-order valence-electron chi connectivity index (χ0n) is 13.8. The Morgan fingerprint density at radius 2 is 1.12 bits per heavy atom. The highest BCUT2D eigenvalue weighted by atomic mass is 16.3. The molecule has 2 rings (SSSR count). The maximum absolute atomic E-state index is 9.88. The SMILES string of the molecule is OCCC[C@H](Cc1ccc(O)cc1)[C@H](CO)Cc1ccc(O)cc1. The van der Waals surface area contributed by atoms with Crippen molar-refractivity contribution < 1.29 is 20.4 Å². The van der Waals surface area contributed by atoms with E-state index in [1.807, 2.05) is 24.3 Å². The second-order valence-electron chi connectivity index (χ2n) is 6.31. The van der Waals surface area contributed by atoms with E-state index in [0.717, 1.165) is 30.4 Å². The Bertz CT molecular complexity index is 592. The van der Waals surface area contributed by atoms with Crippen LogP contribution >= 0.6 is 0 Å². The standard InChI is InChI=1S/C20H26O4/c21-11-1-2-17(12-15-3-7-19(23)8-4-15)18(14-22)13-16-5-9-20(24)10-6-16/h3-10,17-18,21-24H,1-2,11-14H2/t17-,18+/m1/s1. The van der Waals surface area contributed by atoms with Crippen LogP contribution in [0.3, 0.4) is 0 Å². The third-order valence-electron chi connectivity index (χ3n) is 4.50. The molecule has 2 atom stereocenters. The molecule has 2 aromatic rings. The van der Waals surface area contributed by atoms with Crippen molar-refractivity contribution >= 4 is 0 Å². The molecule has 0 spiro atoms. The number of hydrogen-bond donors (Lipinski definition) is 4. The molecule has 0 amide bonds. The Morgan fingerprint density at radius 3 is 1.54 bits per heavy atom. The molecule has 0 aliphatic heterocycles. The van der Waals surface area contributed by atoms with E-state index in [4.69, 9.17) is 5.11 Å². The van der Waals surface area contributed by atoms with Crippen molar-refractivity contribution in [3.05, 3.63) is 59.7 Å². The Labute approximate surface area is 143 Å². The number of phenols is 2. The molecule has 0 aromatic heterocycles. The molecule has 130 valence electrons. The topological polar surface area (TPSA) is 80.9 Å². The van der Waals surface area contributed by atoms with Crippen molar-refractivity contribution in [3.8, 4) is 11.5 Å². The van der Waals surface area contributed by atoms with Gasteiger partial charge < -0.3 is 20.4 Å². The van der Waals surface area contributed by atoms with Crippen LogP contribution < -0.4 is 0 Å². The van der Waals surface area contributed by atoms with Gasteiger partial charge in [0.05, 0.1) is 0 Å². The van der Waals surface area contributed by atoms with E-state index < -0.39 is 0 Å². The van der Waals surface area contributed by atoms with Gasteiger partial charge in [0.25, 0.3) is 0 Å². The van der Waals surface area contributed by atoms with Crippen LogP contribution in [-0.2, 0) is 12.8 Å². The minimum atomic E-state index is 0.0784. The molecular formula is C20H26O4. The molecule has 0 radical (unpaired) electrons. The van der Waals surface area contributed by atoms with Gasteiger partial charge in [0.2, 0.25) is 0 Å². The average molecular weight is 330 g/mol. The molecule has 4 N–H and O–H groups in total. The third-order valence-corrected chi connectivity index (χ3v) is 4.50. The monoisotopic (exact) mass is 330 g/mol. The van der Waals surface area contributed by atoms with Crippen LogP contribution in [0.15, 0.2) is 48.5 Å². The van der Waals surface area contributed by atoms with E-state index in [9.17, 15) is 15.3 Å². The van der Waals surface area contributed by atoms with Gasteiger partial charge in [0.15, 0.2) is 0 Å².